The highest BCUT2D eigenvalue weighted by Crippen LogP contribution is 2.52. The molecule has 2 aromatic rings. The van der Waals surface area contributed by atoms with E-state index in [1.807, 2.05) is 4.90 Å². The number of likely N-dealkylation sites (tertiary alicyclic amines) is 2. The monoisotopic (exact) mass is 657 g/mol. The van der Waals surface area contributed by atoms with Crippen LogP contribution in [0.2, 0.25) is 0 Å². The highest BCUT2D eigenvalue weighted by atomic mass is 32.1. The van der Waals surface area contributed by atoms with Gasteiger partial charge in [-0.1, -0.05) is 24.8 Å². The van der Waals surface area contributed by atoms with Gasteiger partial charge in [0.2, 0.25) is 0 Å². The number of alkyl halides is 2. The van der Waals surface area contributed by atoms with Crippen molar-refractivity contribution in [2.45, 2.75) is 63.6 Å². The fourth-order valence-electron chi connectivity index (χ4n) is 7.08. The van der Waals surface area contributed by atoms with Crippen LogP contribution in [0.3, 0.4) is 0 Å². The van der Waals surface area contributed by atoms with Crippen LogP contribution in [0, 0.1) is 18.2 Å². The average molecular weight is 658 g/mol. The topological polar surface area (TPSA) is 96.4 Å². The predicted octanol–water partition coefficient (Wildman–Crippen LogP) is 4.79. The van der Waals surface area contributed by atoms with E-state index in [0.717, 1.165) is 12.8 Å². The van der Waals surface area contributed by atoms with Crippen molar-refractivity contribution in [2.24, 2.45) is 10.4 Å². The quantitative estimate of drug-likeness (QED) is 0.257. The number of ether oxygens (including phenoxy) is 2. The van der Waals surface area contributed by atoms with Crippen molar-refractivity contribution >= 4 is 29.1 Å². The molecule has 13 heteroatoms. The van der Waals surface area contributed by atoms with Gasteiger partial charge < -0.3 is 14.8 Å². The number of hydrogen-bond acceptors (Lipinski definition) is 10. The molecule has 1 saturated carbocycles. The van der Waals surface area contributed by atoms with Crippen LogP contribution >= 0.6 is 11.3 Å². The standard InChI is InChI=1S/C33H38F3N5O4S/c1-4-14-45-25(42)16-32(10-11-32)18-40-13-9-24-28(40)33(35,36)19-41(24)17-23-26(31(43)44-5-2)27(21-7-6-8-22(34)20(21)3)39-29(38-23)30-37-12-15-46-30/h4,6-8,12,15,24,27-28H,1,5,9-11,13-14,16-19H2,2-3H3,(H,38,39)/t24-,27-,28+/m0/s1. The van der Waals surface area contributed by atoms with Gasteiger partial charge in [0.1, 0.15) is 18.5 Å². The summed E-state index contributed by atoms with van der Waals surface area (Å²) in [6, 6.07) is 2.17. The van der Waals surface area contributed by atoms with Crippen LogP contribution in [0.5, 0.6) is 0 Å². The fraction of sp³-hybridized carbons (Fsp3) is 0.515. The van der Waals surface area contributed by atoms with Crippen LogP contribution in [0.15, 0.2) is 58.7 Å². The molecule has 9 nitrogen and oxygen atoms in total. The van der Waals surface area contributed by atoms with E-state index >= 15 is 8.78 Å². The molecule has 0 spiro atoms. The Morgan fingerprint density at radius 1 is 1.24 bits per heavy atom. The van der Waals surface area contributed by atoms with Gasteiger partial charge in [0.15, 0.2) is 10.8 Å². The molecule has 6 rings (SSSR count). The smallest absolute Gasteiger partial charge is 0.338 e. The number of thiazole rings is 1. The summed E-state index contributed by atoms with van der Waals surface area (Å²) in [4.78, 5) is 38.7. The summed E-state index contributed by atoms with van der Waals surface area (Å²) in [6.07, 6.45) is 5.43. The SMILES string of the molecule is C=CCOC(=O)CC1(CN2CC[C@H]3[C@@H]2C(F)(F)CN3CC2=C(C(=O)OCC)[C@H](c3cccc(F)c3C)N=C(c3nccs3)N2)CC1. The van der Waals surface area contributed by atoms with Gasteiger partial charge in [-0.15, -0.1) is 11.3 Å². The lowest BCUT2D eigenvalue weighted by atomic mass is 9.92. The Morgan fingerprint density at radius 2 is 2.04 bits per heavy atom. The molecule has 2 saturated heterocycles. The van der Waals surface area contributed by atoms with Crippen LogP contribution in [0.25, 0.3) is 0 Å². The Balaban J connectivity index is 1.30. The third-order valence-corrected chi connectivity index (χ3v) is 10.2. The molecular formula is C33H38F3N5O4S. The summed E-state index contributed by atoms with van der Waals surface area (Å²) in [5.41, 5.74) is 1.00. The van der Waals surface area contributed by atoms with E-state index in [9.17, 15) is 14.0 Å². The number of halogens is 3. The van der Waals surface area contributed by atoms with E-state index in [1.54, 1.807) is 42.5 Å². The zero-order valence-electron chi connectivity index (χ0n) is 25.9. The second-order valence-electron chi connectivity index (χ2n) is 12.5. The molecule has 0 bridgehead atoms. The van der Waals surface area contributed by atoms with Gasteiger partial charge in [0.05, 0.1) is 31.2 Å². The number of carbonyl (C=O) groups excluding carboxylic acids is 2. The molecule has 1 aliphatic carbocycles. The van der Waals surface area contributed by atoms with Crippen molar-refractivity contribution in [3.63, 3.8) is 0 Å². The van der Waals surface area contributed by atoms with Gasteiger partial charge >= 0.3 is 11.9 Å². The highest BCUT2D eigenvalue weighted by Gasteiger charge is 2.61. The van der Waals surface area contributed by atoms with Crippen LogP contribution in [0.1, 0.15) is 54.8 Å². The summed E-state index contributed by atoms with van der Waals surface area (Å²) in [5.74, 6) is -4.07. The molecule has 0 radical (unpaired) electrons. The molecule has 1 aromatic heterocycles. The molecule has 3 fully saturated rings. The Labute approximate surface area is 270 Å². The Bertz CT molecular complexity index is 1560. The molecule has 4 heterocycles. The summed E-state index contributed by atoms with van der Waals surface area (Å²) in [7, 11) is 0. The van der Waals surface area contributed by atoms with Gasteiger partial charge in [0, 0.05) is 43.0 Å². The zero-order valence-corrected chi connectivity index (χ0v) is 26.8. The van der Waals surface area contributed by atoms with E-state index in [2.05, 4.69) is 16.9 Å². The molecule has 3 aliphatic heterocycles. The number of esters is 2. The minimum absolute atomic E-state index is 0.00697. The highest BCUT2D eigenvalue weighted by molar-refractivity contribution is 7.11. The number of amidine groups is 1. The van der Waals surface area contributed by atoms with E-state index in [0.29, 0.717) is 47.2 Å². The normalized spacial score (nSPS) is 25.1. The number of nitrogens with zero attached hydrogens (tertiary/aromatic N) is 4. The first-order valence-corrected chi connectivity index (χ1v) is 16.5. The van der Waals surface area contributed by atoms with Crippen LogP contribution in [-0.4, -0.2) is 90.0 Å². The molecule has 246 valence electrons. The molecule has 4 aliphatic rings. The van der Waals surface area contributed by atoms with Crippen LogP contribution < -0.4 is 5.32 Å². The third kappa shape index (κ3) is 6.37. The van der Waals surface area contributed by atoms with Crippen molar-refractivity contribution in [3.8, 4) is 0 Å². The number of hydrogen-bond donors (Lipinski definition) is 1. The van der Waals surface area contributed by atoms with Crippen LogP contribution in [0.4, 0.5) is 13.2 Å². The third-order valence-electron chi connectivity index (χ3n) is 9.38. The molecule has 1 aromatic carbocycles. The second-order valence-corrected chi connectivity index (χ2v) is 13.4. The van der Waals surface area contributed by atoms with Crippen molar-refractivity contribution < 1.29 is 32.2 Å². The maximum Gasteiger partial charge on any atom is 0.338 e. The lowest BCUT2D eigenvalue weighted by Crippen LogP contribution is -2.47. The lowest BCUT2D eigenvalue weighted by molar-refractivity contribution is -0.144. The second kappa shape index (κ2) is 12.9. The van der Waals surface area contributed by atoms with E-state index < -0.39 is 42.4 Å². The lowest BCUT2D eigenvalue weighted by Gasteiger charge is -2.32. The Hall–Kier alpha value is -3.55. The summed E-state index contributed by atoms with van der Waals surface area (Å²) in [6.45, 7) is 7.48. The van der Waals surface area contributed by atoms with Gasteiger partial charge in [-0.25, -0.2) is 22.9 Å². The Kier molecular flexibility index (Phi) is 9.10. The molecular weight excluding hydrogens is 619 g/mol. The van der Waals surface area contributed by atoms with Gasteiger partial charge in [0.25, 0.3) is 5.92 Å². The molecule has 3 atom stereocenters. The maximum absolute atomic E-state index is 15.9. The first-order chi connectivity index (χ1) is 22.1. The van der Waals surface area contributed by atoms with Crippen molar-refractivity contribution in [2.75, 3.05) is 39.4 Å². The van der Waals surface area contributed by atoms with E-state index in [-0.39, 0.29) is 43.1 Å². The molecule has 1 N–H and O–H groups in total. The van der Waals surface area contributed by atoms with E-state index in [4.69, 9.17) is 14.5 Å². The largest absolute Gasteiger partial charge is 0.463 e. The fourth-order valence-corrected chi connectivity index (χ4v) is 7.66. The van der Waals surface area contributed by atoms with Gasteiger partial charge in [-0.3, -0.25) is 19.6 Å². The van der Waals surface area contributed by atoms with Crippen molar-refractivity contribution in [1.29, 1.82) is 0 Å². The average Bonchev–Trinajstić information content (AvgIpc) is 3.34. The van der Waals surface area contributed by atoms with Crippen molar-refractivity contribution in [1.82, 2.24) is 20.1 Å². The number of aliphatic imine (C=N–C) groups is 1. The summed E-state index contributed by atoms with van der Waals surface area (Å²) >= 11 is 1.34. The first-order valence-electron chi connectivity index (χ1n) is 15.6. The summed E-state index contributed by atoms with van der Waals surface area (Å²) < 4.78 is 57.2. The number of rotatable bonds is 12. The summed E-state index contributed by atoms with van der Waals surface area (Å²) in [5, 5.41) is 5.58. The van der Waals surface area contributed by atoms with Gasteiger partial charge in [-0.2, -0.15) is 0 Å². The number of fused-ring (bicyclic) bond motifs is 1. The molecule has 0 amide bonds. The maximum atomic E-state index is 15.9. The van der Waals surface area contributed by atoms with Crippen LogP contribution in [-0.2, 0) is 19.1 Å². The first kappa shape index (κ1) is 32.4. The number of carbonyl (C=O) groups is 2. The minimum atomic E-state index is -3.02. The Morgan fingerprint density at radius 3 is 2.74 bits per heavy atom. The zero-order chi connectivity index (χ0) is 32.6. The van der Waals surface area contributed by atoms with Gasteiger partial charge in [-0.05, 0) is 55.7 Å². The molecule has 0 unspecified atom stereocenters. The molecule has 46 heavy (non-hydrogen) atoms. The van der Waals surface area contributed by atoms with E-state index in [1.165, 1.54) is 23.5 Å². The van der Waals surface area contributed by atoms with Crippen molar-refractivity contribution in [3.05, 3.63) is 75.7 Å². The number of benzene rings is 1. The number of aromatic nitrogens is 1. The minimum Gasteiger partial charge on any atom is -0.463 e. The number of nitrogens with one attached hydrogen (secondary N) is 1. The predicted molar refractivity (Wildman–Crippen MR) is 167 cm³/mol.